The zero-order chi connectivity index (χ0) is 23.6. The van der Waals surface area contributed by atoms with E-state index in [9.17, 15) is 30.0 Å². The van der Waals surface area contributed by atoms with Crippen molar-refractivity contribution in [3.8, 4) is 0 Å². The van der Waals surface area contributed by atoms with E-state index in [2.05, 4.69) is 0 Å². The first-order valence-corrected chi connectivity index (χ1v) is 11.1. The lowest BCUT2D eigenvalue weighted by molar-refractivity contribution is -0.378. The molecule has 0 amide bonds. The highest BCUT2D eigenvalue weighted by Gasteiger charge is 2.84. The summed E-state index contributed by atoms with van der Waals surface area (Å²) >= 11 is 0. The average Bonchev–Trinajstić information content (AvgIpc) is 2.90. The maximum atomic E-state index is 12.8. The molecule has 0 unspecified atom stereocenters. The standard InChI is InChI=1S/C23H28O10/c1-21-8-14(25)13-7-23(21,33-20-18(28)17(27)16(26)15(9-24)32-20)22(13,11-31-21)10-30-19(29)12-5-3-2-4-6-12/h2-6,13,15-18,20,24,26-28H,7-11H2,1H3/t13-,15+,16+,17-,18+,20-,21-,22-,23+/m0/s1. The van der Waals surface area contributed by atoms with E-state index >= 15 is 0 Å². The molecule has 4 bridgehead atoms. The summed E-state index contributed by atoms with van der Waals surface area (Å²) in [6, 6.07) is 8.47. The van der Waals surface area contributed by atoms with Crippen LogP contribution in [0.3, 0.4) is 0 Å². The van der Waals surface area contributed by atoms with Crippen molar-refractivity contribution in [3.05, 3.63) is 35.9 Å². The van der Waals surface area contributed by atoms with Gasteiger partial charge in [0.2, 0.25) is 0 Å². The largest absolute Gasteiger partial charge is 0.461 e. The Kier molecular flexibility index (Phi) is 5.41. The van der Waals surface area contributed by atoms with Gasteiger partial charge in [0.1, 0.15) is 48.0 Å². The van der Waals surface area contributed by atoms with Gasteiger partial charge in [0.25, 0.3) is 0 Å². The molecule has 2 saturated heterocycles. The molecule has 5 fully saturated rings. The fraction of sp³-hybridized carbons (Fsp3) is 0.652. The monoisotopic (exact) mass is 464 g/mol. The van der Waals surface area contributed by atoms with Gasteiger partial charge in [-0.15, -0.1) is 0 Å². The second-order valence-corrected chi connectivity index (χ2v) is 9.66. The predicted octanol–water partition coefficient (Wildman–Crippen LogP) is -0.833. The summed E-state index contributed by atoms with van der Waals surface area (Å²) in [5.74, 6) is -1.01. The number of Topliss-reactive ketones (excluding diaryl/α,β-unsaturated/α-hetero) is 1. The minimum atomic E-state index is -1.60. The number of ketones is 1. The number of carbonyl (C=O) groups excluding carboxylic acids is 2. The molecule has 10 nitrogen and oxygen atoms in total. The van der Waals surface area contributed by atoms with Crippen LogP contribution in [0.2, 0.25) is 0 Å². The molecule has 1 aromatic rings. The molecule has 9 atom stereocenters. The van der Waals surface area contributed by atoms with E-state index in [0.717, 1.165) is 0 Å². The first kappa shape index (κ1) is 22.9. The Morgan fingerprint density at radius 2 is 1.88 bits per heavy atom. The number of esters is 1. The van der Waals surface area contributed by atoms with Gasteiger partial charge >= 0.3 is 5.97 Å². The van der Waals surface area contributed by atoms with Crippen molar-refractivity contribution < 1.29 is 49.0 Å². The van der Waals surface area contributed by atoms with Gasteiger partial charge < -0.3 is 39.4 Å². The van der Waals surface area contributed by atoms with Crippen LogP contribution >= 0.6 is 0 Å². The van der Waals surface area contributed by atoms with Gasteiger partial charge in [0, 0.05) is 12.3 Å². The molecule has 3 saturated carbocycles. The van der Waals surface area contributed by atoms with Gasteiger partial charge in [0.05, 0.1) is 24.2 Å². The highest BCUT2D eigenvalue weighted by molar-refractivity contribution is 5.90. The maximum absolute atomic E-state index is 12.8. The number of benzene rings is 1. The van der Waals surface area contributed by atoms with Crippen molar-refractivity contribution in [2.45, 2.75) is 61.7 Å². The van der Waals surface area contributed by atoms with Gasteiger partial charge in [-0.05, 0) is 25.5 Å². The Morgan fingerprint density at radius 1 is 1.15 bits per heavy atom. The van der Waals surface area contributed by atoms with Crippen LogP contribution in [0.5, 0.6) is 0 Å². The van der Waals surface area contributed by atoms with E-state index in [-0.39, 0.29) is 31.8 Å². The first-order chi connectivity index (χ1) is 15.7. The minimum absolute atomic E-state index is 0.00922. The van der Waals surface area contributed by atoms with E-state index in [1.165, 1.54) is 0 Å². The number of rotatable bonds is 6. The normalized spacial score (nSPS) is 46.0. The lowest BCUT2D eigenvalue weighted by Gasteiger charge is -2.66. The molecular formula is C23H28O10. The smallest absolute Gasteiger partial charge is 0.338 e. The Bertz CT molecular complexity index is 936. The van der Waals surface area contributed by atoms with E-state index in [4.69, 9.17) is 18.9 Å². The topological polar surface area (TPSA) is 152 Å². The molecule has 3 aliphatic carbocycles. The van der Waals surface area contributed by atoms with Crippen molar-refractivity contribution in [1.82, 2.24) is 0 Å². The summed E-state index contributed by atoms with van der Waals surface area (Å²) < 4.78 is 23.6. The van der Waals surface area contributed by atoms with Crippen molar-refractivity contribution in [3.63, 3.8) is 0 Å². The van der Waals surface area contributed by atoms with Crippen LogP contribution in [-0.2, 0) is 23.7 Å². The maximum Gasteiger partial charge on any atom is 0.338 e. The third kappa shape index (κ3) is 3.06. The summed E-state index contributed by atoms with van der Waals surface area (Å²) in [6.45, 7) is 1.13. The molecule has 10 heteroatoms. The second-order valence-electron chi connectivity index (χ2n) is 9.66. The zero-order valence-electron chi connectivity index (χ0n) is 18.1. The van der Waals surface area contributed by atoms with Crippen LogP contribution in [0.25, 0.3) is 0 Å². The molecule has 0 radical (unpaired) electrons. The summed E-state index contributed by atoms with van der Waals surface area (Å²) in [7, 11) is 0. The molecule has 2 aliphatic heterocycles. The van der Waals surface area contributed by atoms with Gasteiger partial charge in [-0.3, -0.25) is 4.79 Å². The Labute approximate surface area is 190 Å². The highest BCUT2D eigenvalue weighted by atomic mass is 16.7. The fourth-order valence-corrected chi connectivity index (χ4v) is 6.04. The third-order valence-electron chi connectivity index (χ3n) is 8.00. The number of fused-ring (bicyclic) bond motifs is 1. The SMILES string of the molecule is C[C@]12CC(=O)[C@@H]3C[C@]1(O[C@@H]1O[C@H](CO)[C@@H](O)[C@H](O)[C@H]1O)[C@@]3(COC(=O)c1ccccc1)CO2. The Hall–Kier alpha value is -1.92. The molecule has 1 aromatic carbocycles. The van der Waals surface area contributed by atoms with Crippen LogP contribution in [0.15, 0.2) is 30.3 Å². The zero-order valence-corrected chi connectivity index (χ0v) is 18.1. The fourth-order valence-electron chi connectivity index (χ4n) is 6.04. The van der Waals surface area contributed by atoms with Crippen LogP contribution in [0, 0.1) is 11.3 Å². The quantitative estimate of drug-likeness (QED) is 0.393. The molecule has 2 heterocycles. The molecule has 33 heavy (non-hydrogen) atoms. The van der Waals surface area contributed by atoms with Gasteiger partial charge in [-0.1, -0.05) is 18.2 Å². The number of hydrogen-bond donors (Lipinski definition) is 4. The number of aliphatic hydroxyl groups excluding tert-OH is 4. The highest BCUT2D eigenvalue weighted by Crippen LogP contribution is 2.71. The van der Waals surface area contributed by atoms with Crippen molar-refractivity contribution in [2.24, 2.45) is 11.3 Å². The van der Waals surface area contributed by atoms with Crippen LogP contribution in [0.1, 0.15) is 30.1 Å². The number of hydrogen-bond acceptors (Lipinski definition) is 10. The van der Waals surface area contributed by atoms with E-state index < -0.39 is 65.8 Å². The Balaban J connectivity index is 1.42. The van der Waals surface area contributed by atoms with Crippen molar-refractivity contribution in [1.29, 1.82) is 0 Å². The van der Waals surface area contributed by atoms with E-state index in [1.54, 1.807) is 37.3 Å². The van der Waals surface area contributed by atoms with Crippen LogP contribution in [-0.4, -0.2) is 93.9 Å². The lowest BCUT2D eigenvalue weighted by atomic mass is 9.41. The summed E-state index contributed by atoms with van der Waals surface area (Å²) in [6.07, 6.45) is -6.88. The minimum Gasteiger partial charge on any atom is -0.461 e. The number of ether oxygens (including phenoxy) is 4. The third-order valence-corrected chi connectivity index (χ3v) is 8.00. The molecule has 4 N–H and O–H groups in total. The lowest BCUT2D eigenvalue weighted by Crippen LogP contribution is -2.79. The number of carbonyl (C=O) groups is 2. The summed E-state index contributed by atoms with van der Waals surface area (Å²) in [5, 5.41) is 40.3. The summed E-state index contributed by atoms with van der Waals surface area (Å²) in [4.78, 5) is 25.5. The van der Waals surface area contributed by atoms with Crippen LogP contribution < -0.4 is 0 Å². The van der Waals surface area contributed by atoms with Crippen molar-refractivity contribution in [2.75, 3.05) is 19.8 Å². The first-order valence-electron chi connectivity index (χ1n) is 11.1. The van der Waals surface area contributed by atoms with Crippen LogP contribution in [0.4, 0.5) is 0 Å². The van der Waals surface area contributed by atoms with Gasteiger partial charge in [0.15, 0.2) is 6.29 Å². The Morgan fingerprint density at radius 3 is 2.58 bits per heavy atom. The average molecular weight is 464 g/mol. The van der Waals surface area contributed by atoms with E-state index in [1.807, 2.05) is 0 Å². The molecular weight excluding hydrogens is 436 g/mol. The molecule has 6 rings (SSSR count). The van der Waals surface area contributed by atoms with E-state index in [0.29, 0.717) is 5.56 Å². The number of aliphatic hydroxyl groups is 4. The molecule has 0 aromatic heterocycles. The second kappa shape index (κ2) is 7.81. The molecule has 180 valence electrons. The summed E-state index contributed by atoms with van der Waals surface area (Å²) in [5.41, 5.74) is -2.81. The van der Waals surface area contributed by atoms with Crippen molar-refractivity contribution >= 4 is 11.8 Å². The van der Waals surface area contributed by atoms with Gasteiger partial charge in [-0.2, -0.15) is 0 Å². The van der Waals surface area contributed by atoms with Gasteiger partial charge in [-0.25, -0.2) is 4.79 Å². The molecule has 5 aliphatic rings. The predicted molar refractivity (Wildman–Crippen MR) is 109 cm³/mol. The molecule has 0 spiro atoms.